The van der Waals surface area contributed by atoms with Crippen molar-refractivity contribution < 1.29 is 14.4 Å². The highest BCUT2D eigenvalue weighted by atomic mass is 32.2. The lowest BCUT2D eigenvalue weighted by Crippen LogP contribution is -3.14. The summed E-state index contributed by atoms with van der Waals surface area (Å²) in [5, 5.41) is 9.69. The average Bonchev–Trinajstić information content (AvgIpc) is 3.04. The van der Waals surface area contributed by atoms with Gasteiger partial charge in [-0.2, -0.15) is 0 Å². The Hall–Kier alpha value is -1.57. The molecule has 0 radical (unpaired) electrons. The van der Waals surface area contributed by atoms with E-state index in [0.717, 1.165) is 67.4 Å². The molecule has 0 aliphatic carbocycles. The quantitative estimate of drug-likeness (QED) is 0.714. The van der Waals surface area contributed by atoms with Gasteiger partial charge in [-0.05, 0) is 25.5 Å². The van der Waals surface area contributed by atoms with Crippen LogP contribution in [0.25, 0.3) is 0 Å². The summed E-state index contributed by atoms with van der Waals surface area (Å²) in [6.45, 7) is 10.6. The molecule has 1 aliphatic rings. The SMILES string of the molecule is CCn1c(COc2ccccc2C)nnc1SCC[NH+]1CCOCC1. The number of hydrogen-bond acceptors (Lipinski definition) is 5. The van der Waals surface area contributed by atoms with Gasteiger partial charge in [-0.25, -0.2) is 0 Å². The van der Waals surface area contributed by atoms with E-state index >= 15 is 0 Å². The summed E-state index contributed by atoms with van der Waals surface area (Å²) in [6.07, 6.45) is 0. The van der Waals surface area contributed by atoms with Crippen LogP contribution in [0.1, 0.15) is 18.3 Å². The molecule has 0 amide bonds. The summed E-state index contributed by atoms with van der Waals surface area (Å²) >= 11 is 1.78. The first-order chi connectivity index (χ1) is 12.3. The van der Waals surface area contributed by atoms with Gasteiger partial charge in [-0.15, -0.1) is 10.2 Å². The number of benzene rings is 1. The third-order valence-electron chi connectivity index (χ3n) is 4.45. The van der Waals surface area contributed by atoms with Crippen molar-refractivity contribution in [3.8, 4) is 5.75 Å². The number of morpholine rings is 1. The number of rotatable bonds is 8. The van der Waals surface area contributed by atoms with Crippen molar-refractivity contribution in [2.45, 2.75) is 32.2 Å². The summed E-state index contributed by atoms with van der Waals surface area (Å²) in [6, 6.07) is 8.04. The molecule has 2 aromatic rings. The van der Waals surface area contributed by atoms with Gasteiger partial charge in [0.25, 0.3) is 0 Å². The lowest BCUT2D eigenvalue weighted by Gasteiger charge is -2.23. The van der Waals surface area contributed by atoms with E-state index in [-0.39, 0.29) is 0 Å². The minimum absolute atomic E-state index is 0.445. The van der Waals surface area contributed by atoms with Crippen LogP contribution in [-0.2, 0) is 17.9 Å². The molecule has 0 unspecified atom stereocenters. The van der Waals surface area contributed by atoms with Crippen LogP contribution in [0.3, 0.4) is 0 Å². The molecule has 25 heavy (non-hydrogen) atoms. The smallest absolute Gasteiger partial charge is 0.191 e. The van der Waals surface area contributed by atoms with E-state index in [1.807, 2.05) is 18.2 Å². The molecule has 0 spiro atoms. The maximum atomic E-state index is 5.93. The molecule has 0 bridgehead atoms. The van der Waals surface area contributed by atoms with Gasteiger partial charge in [0.05, 0.1) is 25.5 Å². The topological polar surface area (TPSA) is 53.6 Å². The van der Waals surface area contributed by atoms with Crippen molar-refractivity contribution in [3.05, 3.63) is 35.7 Å². The van der Waals surface area contributed by atoms with Crippen LogP contribution in [0.5, 0.6) is 5.75 Å². The number of quaternary nitrogens is 1. The highest BCUT2D eigenvalue weighted by Gasteiger charge is 2.16. The van der Waals surface area contributed by atoms with Gasteiger partial charge in [0.2, 0.25) is 0 Å². The molecule has 6 nitrogen and oxygen atoms in total. The van der Waals surface area contributed by atoms with Crippen LogP contribution < -0.4 is 9.64 Å². The maximum Gasteiger partial charge on any atom is 0.191 e. The second kappa shape index (κ2) is 9.22. The van der Waals surface area contributed by atoms with Crippen molar-refractivity contribution in [2.24, 2.45) is 0 Å². The Morgan fingerprint density at radius 2 is 2.04 bits per heavy atom. The number of aryl methyl sites for hydroxylation is 1. The Morgan fingerprint density at radius 1 is 1.24 bits per heavy atom. The van der Waals surface area contributed by atoms with Gasteiger partial charge in [-0.3, -0.25) is 0 Å². The Kier molecular flexibility index (Phi) is 6.72. The molecule has 1 saturated heterocycles. The van der Waals surface area contributed by atoms with E-state index in [1.165, 1.54) is 0 Å². The molecule has 1 aliphatic heterocycles. The molecule has 7 heteroatoms. The molecule has 2 heterocycles. The summed E-state index contributed by atoms with van der Waals surface area (Å²) in [4.78, 5) is 1.62. The standard InChI is InChI=1S/C18H26N4O2S/c1-3-22-17(14-24-16-7-5-4-6-15(16)2)19-20-18(22)25-13-10-21-8-11-23-12-9-21/h4-7H,3,8-14H2,1-2H3/p+1. The third kappa shape index (κ3) is 4.96. The summed E-state index contributed by atoms with van der Waals surface area (Å²) in [5.41, 5.74) is 1.13. The third-order valence-corrected chi connectivity index (χ3v) is 5.42. The summed E-state index contributed by atoms with van der Waals surface area (Å²) in [7, 11) is 0. The van der Waals surface area contributed by atoms with Gasteiger partial charge in [0.1, 0.15) is 25.4 Å². The van der Waals surface area contributed by atoms with Crippen LogP contribution in [-0.4, -0.2) is 53.4 Å². The van der Waals surface area contributed by atoms with Crippen LogP contribution in [0, 0.1) is 6.92 Å². The molecule has 1 aromatic carbocycles. The normalized spacial score (nSPS) is 15.4. The fraction of sp³-hybridized carbons (Fsp3) is 0.556. The van der Waals surface area contributed by atoms with Gasteiger partial charge < -0.3 is 18.9 Å². The van der Waals surface area contributed by atoms with E-state index in [2.05, 4.69) is 34.7 Å². The Balaban J connectivity index is 1.54. The van der Waals surface area contributed by atoms with Crippen molar-refractivity contribution in [2.75, 3.05) is 38.6 Å². The lowest BCUT2D eigenvalue weighted by atomic mass is 10.2. The Bertz CT molecular complexity index is 671. The number of ether oxygens (including phenoxy) is 2. The van der Waals surface area contributed by atoms with Crippen LogP contribution in [0.4, 0.5) is 0 Å². The molecule has 3 rings (SSSR count). The van der Waals surface area contributed by atoms with Gasteiger partial charge in [0, 0.05) is 6.54 Å². The fourth-order valence-corrected chi connectivity index (χ4v) is 3.97. The van der Waals surface area contributed by atoms with E-state index < -0.39 is 0 Å². The van der Waals surface area contributed by atoms with Crippen LogP contribution in [0.2, 0.25) is 0 Å². The molecule has 136 valence electrons. The van der Waals surface area contributed by atoms with Crippen LogP contribution in [0.15, 0.2) is 29.4 Å². The number of aromatic nitrogens is 3. The second-order valence-electron chi connectivity index (χ2n) is 6.16. The van der Waals surface area contributed by atoms with E-state index in [0.29, 0.717) is 6.61 Å². The second-order valence-corrected chi connectivity index (χ2v) is 7.22. The maximum absolute atomic E-state index is 5.93. The summed E-state index contributed by atoms with van der Waals surface area (Å²) < 4.78 is 13.5. The Labute approximate surface area is 153 Å². The molecular formula is C18H27N4O2S+. The van der Waals surface area contributed by atoms with Crippen molar-refractivity contribution in [1.82, 2.24) is 14.8 Å². The number of thioether (sulfide) groups is 1. The Morgan fingerprint density at radius 3 is 2.80 bits per heavy atom. The fourth-order valence-electron chi connectivity index (χ4n) is 2.91. The van der Waals surface area contributed by atoms with Crippen molar-refractivity contribution in [1.29, 1.82) is 0 Å². The van der Waals surface area contributed by atoms with Crippen molar-refractivity contribution in [3.63, 3.8) is 0 Å². The molecule has 0 atom stereocenters. The first kappa shape index (κ1) is 18.2. The molecule has 0 saturated carbocycles. The van der Waals surface area contributed by atoms with Crippen molar-refractivity contribution >= 4 is 11.8 Å². The molecule has 1 aromatic heterocycles. The predicted molar refractivity (Wildman–Crippen MR) is 98.3 cm³/mol. The zero-order valence-corrected chi connectivity index (χ0v) is 15.8. The average molecular weight is 364 g/mol. The minimum Gasteiger partial charge on any atom is -0.485 e. The number of nitrogens with one attached hydrogen (secondary N) is 1. The summed E-state index contributed by atoms with van der Waals surface area (Å²) in [5.74, 6) is 2.83. The molecular weight excluding hydrogens is 336 g/mol. The molecule has 1 fully saturated rings. The monoisotopic (exact) mass is 363 g/mol. The number of hydrogen-bond donors (Lipinski definition) is 1. The zero-order valence-electron chi connectivity index (χ0n) is 15.0. The number of para-hydroxylation sites is 1. The first-order valence-electron chi connectivity index (χ1n) is 8.92. The predicted octanol–water partition coefficient (Wildman–Crippen LogP) is 1.19. The highest BCUT2D eigenvalue weighted by Crippen LogP contribution is 2.20. The van der Waals surface area contributed by atoms with Gasteiger partial charge >= 0.3 is 0 Å². The van der Waals surface area contributed by atoms with Crippen LogP contribution >= 0.6 is 11.8 Å². The van der Waals surface area contributed by atoms with E-state index in [9.17, 15) is 0 Å². The van der Waals surface area contributed by atoms with E-state index in [4.69, 9.17) is 9.47 Å². The zero-order chi connectivity index (χ0) is 17.5. The van der Waals surface area contributed by atoms with Gasteiger partial charge in [0.15, 0.2) is 11.0 Å². The van der Waals surface area contributed by atoms with Gasteiger partial charge in [-0.1, -0.05) is 30.0 Å². The molecule has 1 N–H and O–H groups in total. The lowest BCUT2D eigenvalue weighted by molar-refractivity contribution is -0.905. The largest absolute Gasteiger partial charge is 0.485 e. The first-order valence-corrected chi connectivity index (χ1v) is 9.91. The van der Waals surface area contributed by atoms with E-state index in [1.54, 1.807) is 16.7 Å². The highest BCUT2D eigenvalue weighted by molar-refractivity contribution is 7.99. The minimum atomic E-state index is 0.445. The number of nitrogens with zero attached hydrogens (tertiary/aromatic N) is 3.